The lowest BCUT2D eigenvalue weighted by Gasteiger charge is -2.33. The van der Waals surface area contributed by atoms with Crippen LogP contribution < -0.4 is 5.73 Å². The van der Waals surface area contributed by atoms with Gasteiger partial charge < -0.3 is 15.4 Å². The molecule has 0 bridgehead atoms. The third-order valence-electron chi connectivity index (χ3n) is 4.48. The van der Waals surface area contributed by atoms with E-state index in [2.05, 4.69) is 13.8 Å². The molecule has 1 aliphatic heterocycles. The number of hydrogen-bond acceptors (Lipinski definition) is 3. The maximum Gasteiger partial charge on any atom is 0.222 e. The van der Waals surface area contributed by atoms with Gasteiger partial charge >= 0.3 is 0 Å². The van der Waals surface area contributed by atoms with Crippen LogP contribution in [0, 0.1) is 17.8 Å². The second-order valence-electron chi connectivity index (χ2n) is 6.42. The first kappa shape index (κ1) is 17.4. The van der Waals surface area contributed by atoms with Crippen molar-refractivity contribution in [3.05, 3.63) is 0 Å². The molecule has 4 heteroatoms. The minimum Gasteiger partial charge on any atom is -0.384 e. The SMILES string of the molecule is COCC1CCCN(C(=O)CCC(CCN)C(C)C)C1. The van der Waals surface area contributed by atoms with Crippen molar-refractivity contribution in [3.8, 4) is 0 Å². The smallest absolute Gasteiger partial charge is 0.222 e. The number of carbonyl (C=O) groups is 1. The van der Waals surface area contributed by atoms with E-state index in [-0.39, 0.29) is 0 Å². The molecule has 0 spiro atoms. The van der Waals surface area contributed by atoms with Gasteiger partial charge in [-0.2, -0.15) is 0 Å². The van der Waals surface area contributed by atoms with E-state index in [4.69, 9.17) is 10.5 Å². The zero-order chi connectivity index (χ0) is 15.0. The second-order valence-corrected chi connectivity index (χ2v) is 6.42. The molecule has 0 aromatic carbocycles. The summed E-state index contributed by atoms with van der Waals surface area (Å²) in [4.78, 5) is 14.4. The summed E-state index contributed by atoms with van der Waals surface area (Å²) in [6.07, 6.45) is 4.95. The maximum absolute atomic E-state index is 12.3. The van der Waals surface area contributed by atoms with Crippen molar-refractivity contribution in [2.75, 3.05) is 33.4 Å². The van der Waals surface area contributed by atoms with Crippen LogP contribution in [0.25, 0.3) is 0 Å². The van der Waals surface area contributed by atoms with E-state index in [1.807, 2.05) is 4.90 Å². The van der Waals surface area contributed by atoms with Gasteiger partial charge in [0.25, 0.3) is 0 Å². The Labute approximate surface area is 124 Å². The summed E-state index contributed by atoms with van der Waals surface area (Å²) in [5.41, 5.74) is 5.66. The van der Waals surface area contributed by atoms with Gasteiger partial charge in [-0.3, -0.25) is 4.79 Å². The molecule has 0 aromatic rings. The van der Waals surface area contributed by atoms with Crippen LogP contribution in [0.5, 0.6) is 0 Å². The van der Waals surface area contributed by atoms with Gasteiger partial charge in [0.2, 0.25) is 5.91 Å². The number of hydrogen-bond donors (Lipinski definition) is 1. The molecule has 0 aliphatic carbocycles. The third kappa shape index (κ3) is 5.80. The molecule has 4 nitrogen and oxygen atoms in total. The highest BCUT2D eigenvalue weighted by Gasteiger charge is 2.24. The summed E-state index contributed by atoms with van der Waals surface area (Å²) < 4.78 is 5.22. The molecule has 2 unspecified atom stereocenters. The molecule has 0 aromatic heterocycles. The van der Waals surface area contributed by atoms with Crippen LogP contribution in [0.1, 0.15) is 46.0 Å². The van der Waals surface area contributed by atoms with Crippen molar-refractivity contribution in [1.29, 1.82) is 0 Å². The van der Waals surface area contributed by atoms with Gasteiger partial charge in [-0.25, -0.2) is 0 Å². The summed E-state index contributed by atoms with van der Waals surface area (Å²) >= 11 is 0. The van der Waals surface area contributed by atoms with Gasteiger partial charge in [0, 0.05) is 26.6 Å². The van der Waals surface area contributed by atoms with Crippen molar-refractivity contribution in [2.24, 2.45) is 23.5 Å². The zero-order valence-corrected chi connectivity index (χ0v) is 13.4. The summed E-state index contributed by atoms with van der Waals surface area (Å²) in [5.74, 6) is 2.01. The average molecular weight is 284 g/mol. The molecule has 1 fully saturated rings. The van der Waals surface area contributed by atoms with Crippen molar-refractivity contribution in [3.63, 3.8) is 0 Å². The molecule has 2 N–H and O–H groups in total. The molecule has 0 radical (unpaired) electrons. The lowest BCUT2D eigenvalue weighted by atomic mass is 9.88. The molecule has 118 valence electrons. The number of carbonyl (C=O) groups excluding carboxylic acids is 1. The molecule has 1 heterocycles. The van der Waals surface area contributed by atoms with Crippen LogP contribution in [-0.4, -0.2) is 44.2 Å². The Balaban J connectivity index is 2.37. The molecule has 2 atom stereocenters. The van der Waals surface area contributed by atoms with Gasteiger partial charge in [0.05, 0.1) is 6.61 Å². The van der Waals surface area contributed by atoms with E-state index < -0.39 is 0 Å². The monoisotopic (exact) mass is 284 g/mol. The summed E-state index contributed by atoms with van der Waals surface area (Å²) in [6, 6.07) is 0. The Kier molecular flexibility index (Phi) is 8.15. The van der Waals surface area contributed by atoms with Crippen molar-refractivity contribution in [2.45, 2.75) is 46.0 Å². The van der Waals surface area contributed by atoms with Crippen LogP contribution in [-0.2, 0) is 9.53 Å². The fourth-order valence-corrected chi connectivity index (χ4v) is 3.16. The molecule has 1 rings (SSSR count). The predicted octanol–water partition coefficient (Wildman–Crippen LogP) is 2.27. The molecule has 1 saturated heterocycles. The number of amides is 1. The minimum atomic E-state index is 0.313. The first-order valence-electron chi connectivity index (χ1n) is 8.05. The topological polar surface area (TPSA) is 55.6 Å². The van der Waals surface area contributed by atoms with Crippen LogP contribution in [0.2, 0.25) is 0 Å². The Morgan fingerprint density at radius 2 is 2.15 bits per heavy atom. The highest BCUT2D eigenvalue weighted by molar-refractivity contribution is 5.76. The van der Waals surface area contributed by atoms with E-state index in [0.717, 1.165) is 45.5 Å². The Morgan fingerprint density at radius 1 is 1.40 bits per heavy atom. The number of piperidine rings is 1. The van der Waals surface area contributed by atoms with E-state index in [9.17, 15) is 4.79 Å². The Bertz CT molecular complexity index is 280. The summed E-state index contributed by atoms with van der Waals surface area (Å²) in [7, 11) is 1.74. The Morgan fingerprint density at radius 3 is 2.75 bits per heavy atom. The molecule has 1 aliphatic rings. The normalized spacial score (nSPS) is 21.2. The van der Waals surface area contributed by atoms with Crippen molar-refractivity contribution >= 4 is 5.91 Å². The van der Waals surface area contributed by atoms with E-state index in [1.165, 1.54) is 6.42 Å². The molecule has 20 heavy (non-hydrogen) atoms. The van der Waals surface area contributed by atoms with E-state index in [0.29, 0.717) is 30.1 Å². The molecule has 1 amide bonds. The van der Waals surface area contributed by atoms with Crippen molar-refractivity contribution in [1.82, 2.24) is 4.90 Å². The lowest BCUT2D eigenvalue weighted by Crippen LogP contribution is -2.41. The minimum absolute atomic E-state index is 0.313. The third-order valence-corrected chi connectivity index (χ3v) is 4.48. The van der Waals surface area contributed by atoms with Gasteiger partial charge in [0.1, 0.15) is 0 Å². The Hall–Kier alpha value is -0.610. The quantitative estimate of drug-likeness (QED) is 0.744. The molecular weight excluding hydrogens is 252 g/mol. The van der Waals surface area contributed by atoms with E-state index >= 15 is 0 Å². The van der Waals surface area contributed by atoms with Crippen LogP contribution in [0.15, 0.2) is 0 Å². The van der Waals surface area contributed by atoms with Crippen LogP contribution in [0.4, 0.5) is 0 Å². The second kappa shape index (κ2) is 9.35. The average Bonchev–Trinajstić information content (AvgIpc) is 2.43. The van der Waals surface area contributed by atoms with Crippen LogP contribution in [0.3, 0.4) is 0 Å². The fourth-order valence-electron chi connectivity index (χ4n) is 3.16. The standard InChI is InChI=1S/C16H32N2O2/c1-13(2)15(8-9-17)6-7-16(19)18-10-4-5-14(11-18)12-20-3/h13-15H,4-12,17H2,1-3H3. The predicted molar refractivity (Wildman–Crippen MR) is 82.4 cm³/mol. The number of nitrogens with zero attached hydrogens (tertiary/aromatic N) is 1. The van der Waals surface area contributed by atoms with E-state index in [1.54, 1.807) is 7.11 Å². The number of nitrogens with two attached hydrogens (primary N) is 1. The fraction of sp³-hybridized carbons (Fsp3) is 0.938. The summed E-state index contributed by atoms with van der Waals surface area (Å²) in [6.45, 7) is 7.72. The number of rotatable bonds is 8. The lowest BCUT2D eigenvalue weighted by molar-refractivity contribution is -0.133. The molecular formula is C16H32N2O2. The molecule has 0 saturated carbocycles. The van der Waals surface area contributed by atoms with Gasteiger partial charge in [-0.15, -0.1) is 0 Å². The maximum atomic E-state index is 12.3. The number of likely N-dealkylation sites (tertiary alicyclic amines) is 1. The highest BCUT2D eigenvalue weighted by atomic mass is 16.5. The zero-order valence-electron chi connectivity index (χ0n) is 13.4. The largest absolute Gasteiger partial charge is 0.384 e. The van der Waals surface area contributed by atoms with Gasteiger partial charge in [-0.05, 0) is 50.0 Å². The first-order chi connectivity index (χ1) is 9.58. The first-order valence-corrected chi connectivity index (χ1v) is 8.05. The van der Waals surface area contributed by atoms with Gasteiger partial charge in [0.15, 0.2) is 0 Å². The van der Waals surface area contributed by atoms with Gasteiger partial charge in [-0.1, -0.05) is 13.8 Å². The number of ether oxygens (including phenoxy) is 1. The summed E-state index contributed by atoms with van der Waals surface area (Å²) in [5, 5.41) is 0. The van der Waals surface area contributed by atoms with Crippen LogP contribution >= 0.6 is 0 Å². The van der Waals surface area contributed by atoms with Crippen molar-refractivity contribution < 1.29 is 9.53 Å². The highest BCUT2D eigenvalue weighted by Crippen LogP contribution is 2.22. The number of methoxy groups -OCH3 is 1.